The summed E-state index contributed by atoms with van der Waals surface area (Å²) in [6.07, 6.45) is 2.56. The van der Waals surface area contributed by atoms with Gasteiger partial charge >= 0.3 is 0 Å². The van der Waals surface area contributed by atoms with E-state index in [1.807, 2.05) is 12.1 Å². The molecule has 0 unspecified atom stereocenters. The molecule has 2 N–H and O–H groups in total. The maximum Gasteiger partial charge on any atom is 0.251 e. The number of rotatable bonds is 7. The van der Waals surface area contributed by atoms with Gasteiger partial charge in [0.05, 0.1) is 12.3 Å². The monoisotopic (exact) mass is 316 g/mol. The number of benzene rings is 1. The molecule has 0 aliphatic rings. The van der Waals surface area contributed by atoms with Crippen molar-refractivity contribution in [2.75, 3.05) is 24.5 Å². The van der Waals surface area contributed by atoms with Gasteiger partial charge in [-0.2, -0.15) is 5.10 Å². The average molecular weight is 316 g/mol. The first-order chi connectivity index (χ1) is 11.0. The maximum absolute atomic E-state index is 12.1. The number of anilines is 1. The highest BCUT2D eigenvalue weighted by Gasteiger charge is 2.12. The van der Waals surface area contributed by atoms with Gasteiger partial charge in [0.2, 0.25) is 0 Å². The van der Waals surface area contributed by atoms with Crippen molar-refractivity contribution >= 4 is 11.6 Å². The van der Waals surface area contributed by atoms with Crippen LogP contribution in [0.15, 0.2) is 36.7 Å². The molecule has 124 valence electrons. The van der Waals surface area contributed by atoms with Gasteiger partial charge in [-0.1, -0.05) is 0 Å². The summed E-state index contributed by atoms with van der Waals surface area (Å²) >= 11 is 0. The number of carbonyl (C=O) groups excluding carboxylic acids is 1. The van der Waals surface area contributed by atoms with E-state index in [1.54, 1.807) is 36.3 Å². The highest BCUT2D eigenvalue weighted by Crippen LogP contribution is 2.15. The number of hydrogen-bond donors (Lipinski definition) is 2. The molecule has 1 heterocycles. The summed E-state index contributed by atoms with van der Waals surface area (Å²) < 4.78 is 1.62. The van der Waals surface area contributed by atoms with Crippen molar-refractivity contribution in [1.82, 2.24) is 15.1 Å². The average Bonchev–Trinajstić information content (AvgIpc) is 3.00. The number of aliphatic hydroxyl groups is 1. The predicted octanol–water partition coefficient (Wildman–Crippen LogP) is 1.73. The van der Waals surface area contributed by atoms with E-state index >= 15 is 0 Å². The molecular weight excluding hydrogens is 292 g/mol. The number of amides is 1. The SMILES string of the molecule is CCN(CC)c1ccc(C(=O)NC[C@@H](O)c2cnn(C)c2)cc1. The molecule has 0 radical (unpaired) electrons. The van der Waals surface area contributed by atoms with Crippen LogP contribution in [0.25, 0.3) is 0 Å². The quantitative estimate of drug-likeness (QED) is 0.816. The molecule has 6 heteroatoms. The van der Waals surface area contributed by atoms with Crippen molar-refractivity contribution < 1.29 is 9.90 Å². The zero-order chi connectivity index (χ0) is 16.8. The first kappa shape index (κ1) is 17.0. The first-order valence-corrected chi connectivity index (χ1v) is 7.85. The predicted molar refractivity (Wildman–Crippen MR) is 90.5 cm³/mol. The molecule has 0 saturated carbocycles. The molecule has 2 aromatic rings. The maximum atomic E-state index is 12.1. The standard InChI is InChI=1S/C17H24N4O2/c1-4-21(5-2)15-8-6-13(7-9-15)17(23)18-11-16(22)14-10-19-20(3)12-14/h6-10,12,16,22H,4-5,11H2,1-3H3,(H,18,23)/t16-/m1/s1. The van der Waals surface area contributed by atoms with Gasteiger partial charge in [0.25, 0.3) is 5.91 Å². The van der Waals surface area contributed by atoms with Crippen LogP contribution in [0, 0.1) is 0 Å². The molecule has 0 aliphatic carbocycles. The number of hydrogen-bond acceptors (Lipinski definition) is 4. The van der Waals surface area contributed by atoms with Crippen LogP contribution in [0.2, 0.25) is 0 Å². The van der Waals surface area contributed by atoms with E-state index in [-0.39, 0.29) is 12.5 Å². The van der Waals surface area contributed by atoms with Crippen LogP contribution >= 0.6 is 0 Å². The fraction of sp³-hybridized carbons (Fsp3) is 0.412. The zero-order valence-corrected chi connectivity index (χ0v) is 13.9. The van der Waals surface area contributed by atoms with Gasteiger partial charge in [-0.05, 0) is 38.1 Å². The Hall–Kier alpha value is -2.34. The Balaban J connectivity index is 1.93. The van der Waals surface area contributed by atoms with Gasteiger partial charge in [0, 0.05) is 49.7 Å². The van der Waals surface area contributed by atoms with Crippen LogP contribution in [0.3, 0.4) is 0 Å². The fourth-order valence-electron chi connectivity index (χ4n) is 2.43. The van der Waals surface area contributed by atoms with Gasteiger partial charge in [0.1, 0.15) is 0 Å². The van der Waals surface area contributed by atoms with Crippen LogP contribution < -0.4 is 10.2 Å². The molecule has 0 bridgehead atoms. The summed E-state index contributed by atoms with van der Waals surface area (Å²) in [7, 11) is 1.78. The van der Waals surface area contributed by atoms with Gasteiger partial charge in [-0.15, -0.1) is 0 Å². The highest BCUT2D eigenvalue weighted by molar-refractivity contribution is 5.94. The Bertz CT molecular complexity index is 632. The third-order valence-corrected chi connectivity index (χ3v) is 3.82. The van der Waals surface area contributed by atoms with Crippen molar-refractivity contribution in [2.24, 2.45) is 7.05 Å². The number of aromatic nitrogens is 2. The molecule has 6 nitrogen and oxygen atoms in total. The number of nitrogens with one attached hydrogen (secondary N) is 1. The normalized spacial score (nSPS) is 12.0. The molecule has 23 heavy (non-hydrogen) atoms. The van der Waals surface area contributed by atoms with Gasteiger partial charge < -0.3 is 15.3 Å². The van der Waals surface area contributed by atoms with Crippen LogP contribution in [0.5, 0.6) is 0 Å². The molecular formula is C17H24N4O2. The highest BCUT2D eigenvalue weighted by atomic mass is 16.3. The smallest absolute Gasteiger partial charge is 0.251 e. The van der Waals surface area contributed by atoms with Crippen molar-refractivity contribution in [2.45, 2.75) is 20.0 Å². The molecule has 0 saturated heterocycles. The Kier molecular flexibility index (Phi) is 5.76. The minimum Gasteiger partial charge on any atom is -0.386 e. The minimum absolute atomic E-state index is 0.155. The van der Waals surface area contributed by atoms with E-state index in [4.69, 9.17) is 0 Å². The molecule has 1 atom stereocenters. The number of aryl methyl sites for hydroxylation is 1. The van der Waals surface area contributed by atoms with E-state index in [0.29, 0.717) is 11.1 Å². The van der Waals surface area contributed by atoms with Crippen molar-refractivity contribution in [3.8, 4) is 0 Å². The lowest BCUT2D eigenvalue weighted by molar-refractivity contribution is 0.0916. The molecule has 0 fully saturated rings. The molecule has 2 rings (SSSR count). The first-order valence-electron chi connectivity index (χ1n) is 7.85. The molecule has 1 aromatic carbocycles. The summed E-state index contributed by atoms with van der Waals surface area (Å²) in [5.74, 6) is -0.195. The Labute approximate surface area is 136 Å². The number of aliphatic hydroxyl groups excluding tert-OH is 1. The Morgan fingerprint density at radius 2 is 1.96 bits per heavy atom. The number of nitrogens with zero attached hydrogens (tertiary/aromatic N) is 3. The second-order valence-electron chi connectivity index (χ2n) is 5.39. The van der Waals surface area contributed by atoms with Crippen LogP contribution in [0.4, 0.5) is 5.69 Å². The topological polar surface area (TPSA) is 70.4 Å². The summed E-state index contributed by atoms with van der Waals surface area (Å²) in [5.41, 5.74) is 2.37. The van der Waals surface area contributed by atoms with Crippen molar-refractivity contribution in [3.63, 3.8) is 0 Å². The van der Waals surface area contributed by atoms with Crippen LogP contribution in [-0.4, -0.2) is 40.4 Å². The summed E-state index contributed by atoms with van der Waals surface area (Å²) in [5, 5.41) is 16.8. The van der Waals surface area contributed by atoms with Crippen LogP contribution in [-0.2, 0) is 7.05 Å². The third kappa shape index (κ3) is 4.32. The zero-order valence-electron chi connectivity index (χ0n) is 13.9. The molecule has 0 spiro atoms. The molecule has 0 aliphatic heterocycles. The second-order valence-corrected chi connectivity index (χ2v) is 5.39. The largest absolute Gasteiger partial charge is 0.386 e. The van der Waals surface area contributed by atoms with Gasteiger partial charge in [0.15, 0.2) is 0 Å². The van der Waals surface area contributed by atoms with E-state index in [2.05, 4.69) is 29.2 Å². The fourth-order valence-corrected chi connectivity index (χ4v) is 2.43. The Morgan fingerprint density at radius 3 is 2.48 bits per heavy atom. The van der Waals surface area contributed by atoms with Crippen molar-refractivity contribution in [3.05, 3.63) is 47.8 Å². The minimum atomic E-state index is -0.761. The van der Waals surface area contributed by atoms with E-state index in [0.717, 1.165) is 18.8 Å². The molecule has 1 aromatic heterocycles. The molecule has 1 amide bonds. The summed E-state index contributed by atoms with van der Waals surface area (Å²) in [4.78, 5) is 14.4. The number of carbonyl (C=O) groups is 1. The van der Waals surface area contributed by atoms with Crippen molar-refractivity contribution in [1.29, 1.82) is 0 Å². The second kappa shape index (κ2) is 7.78. The third-order valence-electron chi connectivity index (χ3n) is 3.82. The van der Waals surface area contributed by atoms with E-state index in [1.165, 1.54) is 0 Å². The van der Waals surface area contributed by atoms with Gasteiger partial charge in [-0.25, -0.2) is 0 Å². The Morgan fingerprint density at radius 1 is 1.30 bits per heavy atom. The van der Waals surface area contributed by atoms with Crippen LogP contribution in [0.1, 0.15) is 35.9 Å². The summed E-state index contributed by atoms with van der Waals surface area (Å²) in [6.45, 7) is 6.22. The summed E-state index contributed by atoms with van der Waals surface area (Å²) in [6, 6.07) is 7.50. The van der Waals surface area contributed by atoms with E-state index < -0.39 is 6.10 Å². The van der Waals surface area contributed by atoms with E-state index in [9.17, 15) is 9.90 Å². The lowest BCUT2D eigenvalue weighted by Crippen LogP contribution is -2.28. The lowest BCUT2D eigenvalue weighted by Gasteiger charge is -2.21. The lowest BCUT2D eigenvalue weighted by atomic mass is 10.1. The van der Waals surface area contributed by atoms with Gasteiger partial charge in [-0.3, -0.25) is 9.48 Å².